The summed E-state index contributed by atoms with van der Waals surface area (Å²) in [6.45, 7) is 3.95. The van der Waals surface area contributed by atoms with Gasteiger partial charge >= 0.3 is 11.6 Å². The number of furan rings is 1. The van der Waals surface area contributed by atoms with E-state index in [2.05, 4.69) is 4.74 Å². The molecule has 5 nitrogen and oxygen atoms in total. The molecule has 3 aromatic rings. The van der Waals surface area contributed by atoms with E-state index >= 15 is 0 Å². The highest BCUT2D eigenvalue weighted by Crippen LogP contribution is 2.27. The van der Waals surface area contributed by atoms with Crippen LogP contribution in [0.4, 0.5) is 0 Å². The average Bonchev–Trinajstić information content (AvgIpc) is 3.06. The van der Waals surface area contributed by atoms with Gasteiger partial charge in [0.05, 0.1) is 12.9 Å². The number of methoxy groups -OCH3 is 1. The van der Waals surface area contributed by atoms with E-state index in [0.29, 0.717) is 22.8 Å². The first-order chi connectivity index (χ1) is 12.0. The number of benzene rings is 1. The third-order valence-electron chi connectivity index (χ3n) is 4.07. The smallest absolute Gasteiger partial charge is 0.373 e. The van der Waals surface area contributed by atoms with Gasteiger partial charge < -0.3 is 13.6 Å². The van der Waals surface area contributed by atoms with Crippen LogP contribution in [0, 0.1) is 13.8 Å². The molecule has 130 valence electrons. The molecule has 0 saturated carbocycles. The van der Waals surface area contributed by atoms with Crippen LogP contribution in [0.3, 0.4) is 0 Å². The number of hydrogen-bond acceptors (Lipinski definition) is 6. The number of aryl methyl sites for hydroxylation is 2. The number of carbonyl (C=O) groups is 1. The fraction of sp³-hybridized carbons (Fsp3) is 0.263. The lowest BCUT2D eigenvalue weighted by molar-refractivity contribution is 0.0563. The summed E-state index contributed by atoms with van der Waals surface area (Å²) in [6.07, 6.45) is 0. The molecule has 1 aromatic carbocycles. The minimum Gasteiger partial charge on any atom is -0.463 e. The Morgan fingerprint density at radius 3 is 2.68 bits per heavy atom. The molecule has 6 heteroatoms. The summed E-state index contributed by atoms with van der Waals surface area (Å²) >= 11 is 1.60. The summed E-state index contributed by atoms with van der Waals surface area (Å²) in [5, 5.41) is 0.949. The van der Waals surface area contributed by atoms with Crippen molar-refractivity contribution in [3.8, 4) is 0 Å². The molecule has 0 aliphatic heterocycles. The lowest BCUT2D eigenvalue weighted by atomic mass is 10.0. The van der Waals surface area contributed by atoms with Crippen molar-refractivity contribution in [2.75, 3.05) is 7.11 Å². The molecular formula is C19H18O5S. The standard InChI is InChI=1S/C19H18O5S/c1-11-4-6-15-13(8-17(20)24-18(15)12(11)2)9-25-10-14-5-7-16(23-14)19(21)22-3/h4-8H,9-10H2,1-3H3. The molecule has 0 amide bonds. The van der Waals surface area contributed by atoms with Gasteiger partial charge in [-0.2, -0.15) is 0 Å². The van der Waals surface area contributed by atoms with Crippen LogP contribution in [0.15, 0.2) is 44.0 Å². The quantitative estimate of drug-likeness (QED) is 0.502. The third kappa shape index (κ3) is 3.64. The molecule has 0 N–H and O–H groups in total. The van der Waals surface area contributed by atoms with E-state index < -0.39 is 5.97 Å². The fourth-order valence-corrected chi connectivity index (χ4v) is 3.49. The zero-order valence-electron chi connectivity index (χ0n) is 14.3. The van der Waals surface area contributed by atoms with Crippen molar-refractivity contribution in [1.29, 1.82) is 0 Å². The first-order valence-corrected chi connectivity index (χ1v) is 8.92. The second-order valence-corrected chi connectivity index (χ2v) is 6.71. The Labute approximate surface area is 149 Å². The van der Waals surface area contributed by atoms with E-state index in [1.54, 1.807) is 23.9 Å². The number of rotatable bonds is 5. The highest BCUT2D eigenvalue weighted by atomic mass is 32.2. The van der Waals surface area contributed by atoms with E-state index in [0.717, 1.165) is 22.1 Å². The van der Waals surface area contributed by atoms with Gasteiger partial charge in [-0.05, 0) is 42.7 Å². The van der Waals surface area contributed by atoms with Crippen LogP contribution in [0.5, 0.6) is 0 Å². The van der Waals surface area contributed by atoms with Crippen LogP contribution in [0.25, 0.3) is 11.0 Å². The van der Waals surface area contributed by atoms with Gasteiger partial charge in [0, 0.05) is 17.2 Å². The van der Waals surface area contributed by atoms with Crippen molar-refractivity contribution in [2.45, 2.75) is 25.4 Å². The summed E-state index contributed by atoms with van der Waals surface area (Å²) in [4.78, 5) is 23.3. The van der Waals surface area contributed by atoms with E-state index in [1.165, 1.54) is 13.2 Å². The summed E-state index contributed by atoms with van der Waals surface area (Å²) in [5.74, 6) is 1.61. The second kappa shape index (κ2) is 7.19. The molecule has 0 aliphatic rings. The Kier molecular flexibility index (Phi) is 4.99. The van der Waals surface area contributed by atoms with Gasteiger partial charge in [0.25, 0.3) is 0 Å². The lowest BCUT2D eigenvalue weighted by Gasteiger charge is -2.08. The van der Waals surface area contributed by atoms with Gasteiger partial charge in [-0.1, -0.05) is 12.1 Å². The zero-order chi connectivity index (χ0) is 18.0. The van der Waals surface area contributed by atoms with Crippen molar-refractivity contribution >= 4 is 28.7 Å². The molecule has 0 spiro atoms. The Morgan fingerprint density at radius 2 is 1.92 bits per heavy atom. The summed E-state index contributed by atoms with van der Waals surface area (Å²) in [6, 6.07) is 8.90. The van der Waals surface area contributed by atoms with E-state index in [-0.39, 0.29) is 11.4 Å². The molecule has 0 atom stereocenters. The molecule has 0 bridgehead atoms. The Bertz CT molecular complexity index is 983. The van der Waals surface area contributed by atoms with Gasteiger partial charge in [0.2, 0.25) is 5.76 Å². The van der Waals surface area contributed by atoms with Gasteiger partial charge in [0.1, 0.15) is 11.3 Å². The largest absolute Gasteiger partial charge is 0.463 e. The molecule has 2 aromatic heterocycles. The minimum atomic E-state index is -0.492. The van der Waals surface area contributed by atoms with Gasteiger partial charge in [-0.3, -0.25) is 0 Å². The van der Waals surface area contributed by atoms with Crippen LogP contribution >= 0.6 is 11.8 Å². The maximum Gasteiger partial charge on any atom is 0.373 e. The molecule has 0 unspecified atom stereocenters. The number of thioether (sulfide) groups is 1. The highest BCUT2D eigenvalue weighted by molar-refractivity contribution is 7.97. The summed E-state index contributed by atoms with van der Waals surface area (Å²) in [7, 11) is 1.31. The number of ether oxygens (including phenoxy) is 1. The fourth-order valence-electron chi connectivity index (χ4n) is 2.57. The molecule has 0 fully saturated rings. The number of carbonyl (C=O) groups excluding carboxylic acids is 1. The van der Waals surface area contributed by atoms with Crippen molar-refractivity contribution < 1.29 is 18.4 Å². The summed E-state index contributed by atoms with van der Waals surface area (Å²) < 4.78 is 15.5. The van der Waals surface area contributed by atoms with E-state index in [4.69, 9.17) is 8.83 Å². The van der Waals surface area contributed by atoms with Crippen LogP contribution in [0.1, 0.15) is 33.0 Å². The topological polar surface area (TPSA) is 69.7 Å². The maximum absolute atomic E-state index is 11.9. The second-order valence-electron chi connectivity index (χ2n) is 5.73. The van der Waals surface area contributed by atoms with Crippen LogP contribution in [-0.2, 0) is 16.2 Å². The van der Waals surface area contributed by atoms with Crippen molar-refractivity contribution in [3.05, 3.63) is 69.0 Å². The highest BCUT2D eigenvalue weighted by Gasteiger charge is 2.12. The van der Waals surface area contributed by atoms with Crippen LogP contribution in [-0.4, -0.2) is 13.1 Å². The third-order valence-corrected chi connectivity index (χ3v) is 5.07. The molecule has 0 saturated heterocycles. The van der Waals surface area contributed by atoms with Gasteiger partial charge in [-0.15, -0.1) is 11.8 Å². The predicted octanol–water partition coefficient (Wildman–Crippen LogP) is 4.22. The Balaban J connectivity index is 1.77. The molecule has 25 heavy (non-hydrogen) atoms. The monoisotopic (exact) mass is 358 g/mol. The average molecular weight is 358 g/mol. The van der Waals surface area contributed by atoms with Gasteiger partial charge in [-0.25, -0.2) is 9.59 Å². The molecule has 2 heterocycles. The Morgan fingerprint density at radius 1 is 1.12 bits per heavy atom. The number of hydrogen-bond donors (Lipinski definition) is 0. The molecular weight excluding hydrogens is 340 g/mol. The summed E-state index contributed by atoms with van der Waals surface area (Å²) in [5.41, 5.74) is 3.30. The number of fused-ring (bicyclic) bond motifs is 1. The van der Waals surface area contributed by atoms with Crippen LogP contribution in [0.2, 0.25) is 0 Å². The minimum absolute atomic E-state index is 0.190. The van der Waals surface area contributed by atoms with Crippen molar-refractivity contribution in [1.82, 2.24) is 0 Å². The molecule has 0 aliphatic carbocycles. The lowest BCUT2D eigenvalue weighted by Crippen LogP contribution is -2.01. The Hall–Kier alpha value is -2.47. The predicted molar refractivity (Wildman–Crippen MR) is 97.0 cm³/mol. The molecule has 3 rings (SSSR count). The normalized spacial score (nSPS) is 11.0. The zero-order valence-corrected chi connectivity index (χ0v) is 15.1. The number of esters is 1. The first-order valence-electron chi connectivity index (χ1n) is 7.77. The SMILES string of the molecule is COC(=O)c1ccc(CSCc2cc(=O)oc3c(C)c(C)ccc23)o1. The van der Waals surface area contributed by atoms with E-state index in [9.17, 15) is 9.59 Å². The first kappa shape index (κ1) is 17.4. The van der Waals surface area contributed by atoms with Crippen LogP contribution < -0.4 is 5.63 Å². The molecule has 0 radical (unpaired) electrons. The van der Waals surface area contributed by atoms with Crippen molar-refractivity contribution in [3.63, 3.8) is 0 Å². The van der Waals surface area contributed by atoms with Crippen molar-refractivity contribution in [2.24, 2.45) is 0 Å². The maximum atomic E-state index is 11.9. The van der Waals surface area contributed by atoms with E-state index in [1.807, 2.05) is 26.0 Å². The van der Waals surface area contributed by atoms with Gasteiger partial charge in [0.15, 0.2) is 0 Å².